The van der Waals surface area contributed by atoms with Crippen LogP contribution in [0.5, 0.6) is 0 Å². The van der Waals surface area contributed by atoms with Crippen molar-refractivity contribution in [2.24, 2.45) is 23.1 Å². The number of carboxylic acid groups (broad SMARTS) is 1. The number of aliphatic carboxylic acids is 1. The van der Waals surface area contributed by atoms with Crippen LogP contribution in [-0.4, -0.2) is 66.6 Å². The lowest BCUT2D eigenvalue weighted by Crippen LogP contribution is -2.53. The van der Waals surface area contributed by atoms with Crippen LogP contribution in [0.25, 0.3) is 0 Å². The summed E-state index contributed by atoms with van der Waals surface area (Å²) in [5.41, 5.74) is 16.8. The lowest BCUT2D eigenvalue weighted by molar-refractivity contribution is -0.143. The van der Waals surface area contributed by atoms with E-state index in [0.29, 0.717) is 45.2 Å². The summed E-state index contributed by atoms with van der Waals surface area (Å²) in [4.78, 5) is 48.0. The molecular weight excluding hydrogens is 392 g/mol. The molecule has 0 saturated heterocycles. The van der Waals surface area contributed by atoms with E-state index in [0.717, 1.165) is 6.42 Å². The van der Waals surface area contributed by atoms with Gasteiger partial charge in [-0.25, -0.2) is 4.79 Å². The minimum absolute atomic E-state index is 0.314. The normalized spacial score (nSPS) is 13.9. The highest BCUT2D eigenvalue weighted by molar-refractivity contribution is 5.92. The molecule has 0 radical (unpaired) electrons. The summed E-state index contributed by atoms with van der Waals surface area (Å²) in [7, 11) is 0. The summed E-state index contributed by atoms with van der Waals surface area (Å²) in [6, 6.07) is -2.68. The van der Waals surface area contributed by atoms with Crippen LogP contribution in [0.4, 0.5) is 0 Å². The average molecular weight is 431 g/mol. The van der Waals surface area contributed by atoms with E-state index < -0.39 is 48.4 Å². The van der Waals surface area contributed by atoms with Crippen molar-refractivity contribution in [3.8, 4) is 0 Å². The molecule has 3 atom stereocenters. The summed E-state index contributed by atoms with van der Waals surface area (Å²) >= 11 is 0. The summed E-state index contributed by atoms with van der Waals surface area (Å²) < 4.78 is 0. The predicted octanol–water partition coefficient (Wildman–Crippen LogP) is -1.60. The molecule has 11 nitrogen and oxygen atoms in total. The molecule has 174 valence electrons. The molecule has 0 saturated carbocycles. The maximum absolute atomic E-state index is 12.5. The van der Waals surface area contributed by atoms with Gasteiger partial charge in [0.25, 0.3) is 0 Å². The van der Waals surface area contributed by atoms with Crippen LogP contribution in [0.15, 0.2) is 0 Å². The van der Waals surface area contributed by atoms with Gasteiger partial charge in [0.15, 0.2) is 0 Å². The minimum Gasteiger partial charge on any atom is -0.480 e. The Hall–Kier alpha value is -2.24. The molecular formula is C19H38N6O5. The highest BCUT2D eigenvalue weighted by Gasteiger charge is 2.26. The Morgan fingerprint density at radius 3 is 1.93 bits per heavy atom. The molecule has 0 aromatic rings. The van der Waals surface area contributed by atoms with Gasteiger partial charge in [0.2, 0.25) is 17.7 Å². The fourth-order valence-corrected chi connectivity index (χ4v) is 2.71. The number of hydrogen-bond acceptors (Lipinski definition) is 7. The molecule has 0 heterocycles. The first-order chi connectivity index (χ1) is 14.1. The first kappa shape index (κ1) is 27.8. The number of carboxylic acids is 1. The van der Waals surface area contributed by atoms with Crippen LogP contribution in [0.1, 0.15) is 52.4 Å². The molecule has 0 bridgehead atoms. The predicted molar refractivity (Wildman–Crippen MR) is 113 cm³/mol. The van der Waals surface area contributed by atoms with Gasteiger partial charge < -0.3 is 38.3 Å². The van der Waals surface area contributed by atoms with Crippen LogP contribution in [-0.2, 0) is 19.2 Å². The van der Waals surface area contributed by atoms with Crippen molar-refractivity contribution in [2.75, 3.05) is 19.6 Å². The van der Waals surface area contributed by atoms with Gasteiger partial charge in [-0.2, -0.15) is 0 Å². The lowest BCUT2D eigenvalue weighted by atomic mass is 10.0. The molecule has 10 N–H and O–H groups in total. The number of carbonyl (C=O) groups excluding carboxylic acids is 3. The smallest absolute Gasteiger partial charge is 0.326 e. The maximum Gasteiger partial charge on any atom is 0.326 e. The summed E-state index contributed by atoms with van der Waals surface area (Å²) in [6.45, 7) is 3.89. The Balaban J connectivity index is 4.79. The molecule has 0 fully saturated rings. The van der Waals surface area contributed by atoms with Gasteiger partial charge in [-0.1, -0.05) is 20.3 Å². The molecule has 3 unspecified atom stereocenters. The van der Waals surface area contributed by atoms with Gasteiger partial charge in [0.1, 0.15) is 12.1 Å². The lowest BCUT2D eigenvalue weighted by Gasteiger charge is -2.21. The fourth-order valence-electron chi connectivity index (χ4n) is 2.71. The largest absolute Gasteiger partial charge is 0.480 e. The van der Waals surface area contributed by atoms with Crippen molar-refractivity contribution in [2.45, 2.75) is 70.5 Å². The molecule has 0 rings (SSSR count). The molecule has 0 aromatic carbocycles. The van der Waals surface area contributed by atoms with Gasteiger partial charge in [-0.15, -0.1) is 0 Å². The summed E-state index contributed by atoms with van der Waals surface area (Å²) in [6.07, 6.45) is 3.54. The van der Waals surface area contributed by atoms with Crippen LogP contribution in [0, 0.1) is 5.92 Å². The third-order valence-electron chi connectivity index (χ3n) is 4.56. The highest BCUT2D eigenvalue weighted by Crippen LogP contribution is 2.04. The Kier molecular flexibility index (Phi) is 14.4. The fraction of sp³-hybridized carbons (Fsp3) is 0.789. The second-order valence-corrected chi connectivity index (χ2v) is 7.58. The zero-order valence-electron chi connectivity index (χ0n) is 18.0. The van der Waals surface area contributed by atoms with E-state index in [9.17, 15) is 19.2 Å². The van der Waals surface area contributed by atoms with Crippen molar-refractivity contribution in [1.82, 2.24) is 16.0 Å². The van der Waals surface area contributed by atoms with E-state index in [1.54, 1.807) is 13.8 Å². The zero-order valence-corrected chi connectivity index (χ0v) is 18.0. The van der Waals surface area contributed by atoms with Crippen molar-refractivity contribution in [1.29, 1.82) is 0 Å². The number of rotatable bonds is 16. The topological polar surface area (TPSA) is 203 Å². The maximum atomic E-state index is 12.5. The number of hydrogen-bond donors (Lipinski definition) is 7. The molecule has 0 aliphatic carbocycles. The van der Waals surface area contributed by atoms with Gasteiger partial charge >= 0.3 is 5.97 Å². The molecule has 0 aliphatic rings. The number of nitrogens with one attached hydrogen (secondary N) is 3. The quantitative estimate of drug-likeness (QED) is 0.142. The first-order valence-corrected chi connectivity index (χ1v) is 10.4. The van der Waals surface area contributed by atoms with E-state index in [1.165, 1.54) is 0 Å². The monoisotopic (exact) mass is 430 g/mol. The van der Waals surface area contributed by atoms with Crippen LogP contribution >= 0.6 is 0 Å². The molecule has 30 heavy (non-hydrogen) atoms. The third kappa shape index (κ3) is 11.7. The Labute approximate surface area is 177 Å². The first-order valence-electron chi connectivity index (χ1n) is 10.4. The molecule has 0 aliphatic heterocycles. The number of carbonyl (C=O) groups is 4. The van der Waals surface area contributed by atoms with Crippen molar-refractivity contribution in [3.63, 3.8) is 0 Å². The summed E-state index contributed by atoms with van der Waals surface area (Å²) in [5.74, 6) is -3.09. The molecule has 11 heteroatoms. The average Bonchev–Trinajstić information content (AvgIpc) is 2.68. The van der Waals surface area contributed by atoms with Crippen molar-refractivity contribution < 1.29 is 24.3 Å². The molecule has 0 spiro atoms. The van der Waals surface area contributed by atoms with E-state index in [-0.39, 0.29) is 5.92 Å². The number of amides is 3. The Morgan fingerprint density at radius 1 is 0.867 bits per heavy atom. The van der Waals surface area contributed by atoms with Crippen LogP contribution in [0.2, 0.25) is 0 Å². The van der Waals surface area contributed by atoms with Gasteiger partial charge in [-0.3, -0.25) is 14.4 Å². The van der Waals surface area contributed by atoms with E-state index in [2.05, 4.69) is 16.0 Å². The van der Waals surface area contributed by atoms with Crippen molar-refractivity contribution in [3.05, 3.63) is 0 Å². The van der Waals surface area contributed by atoms with E-state index in [4.69, 9.17) is 22.3 Å². The zero-order chi connectivity index (χ0) is 23.1. The summed E-state index contributed by atoms with van der Waals surface area (Å²) in [5, 5.41) is 16.6. The van der Waals surface area contributed by atoms with Gasteiger partial charge in [-0.05, 0) is 51.1 Å². The standard InChI is InChI=1S/C19H38N6O5/c1-12(2)16(19(29)30)25-15(26)11-23-18(28)14(8-4-6-10-21)24-17(27)13(22)7-3-5-9-20/h12-14,16H,3-11,20-22H2,1-2H3,(H,23,28)(H,24,27)(H,25,26)(H,29,30). The van der Waals surface area contributed by atoms with E-state index in [1.807, 2.05) is 0 Å². The Morgan fingerprint density at radius 2 is 1.43 bits per heavy atom. The molecule has 3 amide bonds. The van der Waals surface area contributed by atoms with Gasteiger partial charge in [0, 0.05) is 0 Å². The van der Waals surface area contributed by atoms with Crippen LogP contribution < -0.4 is 33.2 Å². The number of nitrogens with two attached hydrogens (primary N) is 3. The Bertz CT molecular complexity index is 558. The minimum atomic E-state index is -1.15. The van der Waals surface area contributed by atoms with Crippen LogP contribution in [0.3, 0.4) is 0 Å². The van der Waals surface area contributed by atoms with E-state index >= 15 is 0 Å². The second-order valence-electron chi connectivity index (χ2n) is 7.58. The van der Waals surface area contributed by atoms with Gasteiger partial charge in [0.05, 0.1) is 12.6 Å². The highest BCUT2D eigenvalue weighted by atomic mass is 16.4. The second kappa shape index (κ2) is 15.6. The number of unbranched alkanes of at least 4 members (excludes halogenated alkanes) is 2. The van der Waals surface area contributed by atoms with Crippen molar-refractivity contribution >= 4 is 23.7 Å². The molecule has 0 aromatic heterocycles. The SMILES string of the molecule is CC(C)C(NC(=O)CNC(=O)C(CCCCN)NC(=O)C(N)CCCCN)C(=O)O. The third-order valence-corrected chi connectivity index (χ3v) is 4.56.